The van der Waals surface area contributed by atoms with Gasteiger partial charge in [-0.25, -0.2) is 0 Å². The first-order chi connectivity index (χ1) is 6.77. The molecule has 1 aromatic rings. The van der Waals surface area contributed by atoms with Crippen LogP contribution in [0.3, 0.4) is 0 Å². The number of anilines is 1. The molecule has 0 aliphatic heterocycles. The summed E-state index contributed by atoms with van der Waals surface area (Å²) >= 11 is 6.02. The molecule has 1 unspecified atom stereocenters. The zero-order valence-corrected chi connectivity index (χ0v) is 9.51. The Morgan fingerprint density at radius 3 is 2.86 bits per heavy atom. The molecule has 2 nitrogen and oxygen atoms in total. The standard InChI is InChI=1S/C11H17ClN2/c1-3-5-9(4-2)14-11-8-13-7-6-10(11)12/h6-9,14H,3-5H2,1-2H3. The lowest BCUT2D eigenvalue weighted by atomic mass is 10.1. The van der Waals surface area contributed by atoms with Crippen LogP contribution in [0.1, 0.15) is 33.1 Å². The van der Waals surface area contributed by atoms with Crippen LogP contribution in [0.2, 0.25) is 5.02 Å². The van der Waals surface area contributed by atoms with E-state index in [4.69, 9.17) is 11.6 Å². The Bertz CT molecular complexity index is 276. The van der Waals surface area contributed by atoms with Gasteiger partial charge in [-0.05, 0) is 18.9 Å². The van der Waals surface area contributed by atoms with E-state index in [-0.39, 0.29) is 0 Å². The van der Waals surface area contributed by atoms with E-state index in [2.05, 4.69) is 24.1 Å². The van der Waals surface area contributed by atoms with Crippen molar-refractivity contribution in [3.8, 4) is 0 Å². The molecule has 0 aliphatic rings. The number of halogens is 1. The van der Waals surface area contributed by atoms with Gasteiger partial charge in [-0.2, -0.15) is 0 Å². The Balaban J connectivity index is 2.62. The van der Waals surface area contributed by atoms with Crippen LogP contribution in [-0.2, 0) is 0 Å². The van der Waals surface area contributed by atoms with Crippen LogP contribution in [0.5, 0.6) is 0 Å². The third-order valence-corrected chi connectivity index (χ3v) is 2.59. The van der Waals surface area contributed by atoms with Gasteiger partial charge in [0.2, 0.25) is 0 Å². The third-order valence-electron chi connectivity index (χ3n) is 2.26. The predicted octanol–water partition coefficient (Wildman–Crippen LogP) is 3.73. The number of hydrogen-bond donors (Lipinski definition) is 1. The second-order valence-electron chi connectivity index (χ2n) is 3.39. The summed E-state index contributed by atoms with van der Waals surface area (Å²) in [4.78, 5) is 4.05. The van der Waals surface area contributed by atoms with Crippen molar-refractivity contribution in [2.75, 3.05) is 5.32 Å². The SMILES string of the molecule is CCCC(CC)Nc1cnccc1Cl. The zero-order valence-electron chi connectivity index (χ0n) is 8.76. The fourth-order valence-corrected chi connectivity index (χ4v) is 1.59. The zero-order chi connectivity index (χ0) is 10.4. The normalized spacial score (nSPS) is 12.5. The van der Waals surface area contributed by atoms with Crippen molar-refractivity contribution in [2.45, 2.75) is 39.2 Å². The number of rotatable bonds is 5. The molecule has 0 amide bonds. The number of nitrogens with zero attached hydrogens (tertiary/aromatic N) is 1. The molecule has 0 aliphatic carbocycles. The van der Waals surface area contributed by atoms with Crippen molar-refractivity contribution in [3.05, 3.63) is 23.5 Å². The van der Waals surface area contributed by atoms with Gasteiger partial charge in [0.25, 0.3) is 0 Å². The maximum atomic E-state index is 6.02. The summed E-state index contributed by atoms with van der Waals surface area (Å²) in [6.07, 6.45) is 6.94. The molecule has 0 radical (unpaired) electrons. The van der Waals surface area contributed by atoms with Crippen LogP contribution >= 0.6 is 11.6 Å². The van der Waals surface area contributed by atoms with Gasteiger partial charge < -0.3 is 5.32 Å². The lowest BCUT2D eigenvalue weighted by molar-refractivity contribution is 0.622. The molecule has 1 atom stereocenters. The first-order valence-electron chi connectivity index (χ1n) is 5.14. The molecular formula is C11H17ClN2. The van der Waals surface area contributed by atoms with Crippen molar-refractivity contribution in [1.29, 1.82) is 0 Å². The van der Waals surface area contributed by atoms with Crippen molar-refractivity contribution in [3.63, 3.8) is 0 Å². The van der Waals surface area contributed by atoms with Crippen molar-refractivity contribution in [2.24, 2.45) is 0 Å². The molecule has 1 N–H and O–H groups in total. The highest BCUT2D eigenvalue weighted by molar-refractivity contribution is 6.33. The van der Waals surface area contributed by atoms with Gasteiger partial charge in [0, 0.05) is 12.2 Å². The lowest BCUT2D eigenvalue weighted by Gasteiger charge is -2.17. The predicted molar refractivity (Wildman–Crippen MR) is 61.9 cm³/mol. The van der Waals surface area contributed by atoms with Crippen molar-refractivity contribution < 1.29 is 0 Å². The Labute approximate surface area is 90.7 Å². The van der Waals surface area contributed by atoms with E-state index in [0.29, 0.717) is 6.04 Å². The maximum absolute atomic E-state index is 6.02. The fourth-order valence-electron chi connectivity index (χ4n) is 1.43. The summed E-state index contributed by atoms with van der Waals surface area (Å²) < 4.78 is 0. The van der Waals surface area contributed by atoms with E-state index < -0.39 is 0 Å². The smallest absolute Gasteiger partial charge is 0.0718 e. The molecule has 1 heterocycles. The molecule has 0 aromatic carbocycles. The van der Waals surface area contributed by atoms with Crippen molar-refractivity contribution >= 4 is 17.3 Å². The fraction of sp³-hybridized carbons (Fsp3) is 0.545. The molecule has 3 heteroatoms. The minimum absolute atomic E-state index is 0.502. The van der Waals surface area contributed by atoms with E-state index >= 15 is 0 Å². The topological polar surface area (TPSA) is 24.9 Å². The van der Waals surface area contributed by atoms with Gasteiger partial charge in [0.05, 0.1) is 16.9 Å². The van der Waals surface area contributed by atoms with Gasteiger partial charge in [-0.3, -0.25) is 4.98 Å². The van der Waals surface area contributed by atoms with E-state index in [1.54, 1.807) is 12.4 Å². The number of pyridine rings is 1. The second-order valence-corrected chi connectivity index (χ2v) is 3.80. The van der Waals surface area contributed by atoms with Crippen LogP contribution in [-0.4, -0.2) is 11.0 Å². The molecule has 0 saturated heterocycles. The van der Waals surface area contributed by atoms with E-state index in [9.17, 15) is 0 Å². The summed E-state index contributed by atoms with van der Waals surface area (Å²) in [5, 5.41) is 4.15. The van der Waals surface area contributed by atoms with Crippen LogP contribution in [0.25, 0.3) is 0 Å². The molecule has 14 heavy (non-hydrogen) atoms. The summed E-state index contributed by atoms with van der Waals surface area (Å²) in [5.74, 6) is 0. The highest BCUT2D eigenvalue weighted by Crippen LogP contribution is 2.21. The van der Waals surface area contributed by atoms with E-state index in [0.717, 1.165) is 17.1 Å². The third kappa shape index (κ3) is 3.18. The summed E-state index contributed by atoms with van der Waals surface area (Å²) in [6.45, 7) is 4.37. The van der Waals surface area contributed by atoms with Gasteiger partial charge in [-0.1, -0.05) is 31.9 Å². The highest BCUT2D eigenvalue weighted by Gasteiger charge is 2.06. The van der Waals surface area contributed by atoms with Crippen LogP contribution in [0, 0.1) is 0 Å². The first-order valence-corrected chi connectivity index (χ1v) is 5.51. The van der Waals surface area contributed by atoms with Gasteiger partial charge in [0.1, 0.15) is 0 Å². The van der Waals surface area contributed by atoms with Crippen LogP contribution in [0.4, 0.5) is 5.69 Å². The minimum atomic E-state index is 0.502. The number of hydrogen-bond acceptors (Lipinski definition) is 2. The number of nitrogens with one attached hydrogen (secondary N) is 1. The van der Waals surface area contributed by atoms with E-state index in [1.807, 2.05) is 6.07 Å². The minimum Gasteiger partial charge on any atom is -0.380 e. The molecular weight excluding hydrogens is 196 g/mol. The molecule has 1 rings (SSSR count). The van der Waals surface area contributed by atoms with Gasteiger partial charge in [0.15, 0.2) is 0 Å². The summed E-state index contributed by atoms with van der Waals surface area (Å²) in [5.41, 5.74) is 0.939. The maximum Gasteiger partial charge on any atom is 0.0718 e. The Morgan fingerprint density at radius 2 is 2.29 bits per heavy atom. The number of aromatic nitrogens is 1. The molecule has 0 saturated carbocycles. The quantitative estimate of drug-likeness (QED) is 0.805. The molecule has 0 bridgehead atoms. The largest absolute Gasteiger partial charge is 0.380 e. The molecule has 0 fully saturated rings. The average molecular weight is 213 g/mol. The van der Waals surface area contributed by atoms with Crippen molar-refractivity contribution in [1.82, 2.24) is 4.98 Å². The lowest BCUT2D eigenvalue weighted by Crippen LogP contribution is -2.18. The molecule has 0 spiro atoms. The highest BCUT2D eigenvalue weighted by atomic mass is 35.5. The van der Waals surface area contributed by atoms with Gasteiger partial charge >= 0.3 is 0 Å². The summed E-state index contributed by atoms with van der Waals surface area (Å²) in [6, 6.07) is 2.31. The first kappa shape index (κ1) is 11.3. The molecule has 78 valence electrons. The Hall–Kier alpha value is -0.760. The Kier molecular flexibility index (Phi) is 4.74. The van der Waals surface area contributed by atoms with E-state index in [1.165, 1.54) is 12.8 Å². The second kappa shape index (κ2) is 5.86. The molecule has 1 aromatic heterocycles. The Morgan fingerprint density at radius 1 is 1.50 bits per heavy atom. The van der Waals surface area contributed by atoms with Crippen LogP contribution < -0.4 is 5.32 Å². The van der Waals surface area contributed by atoms with Gasteiger partial charge in [-0.15, -0.1) is 0 Å². The summed E-state index contributed by atoms with van der Waals surface area (Å²) in [7, 11) is 0. The van der Waals surface area contributed by atoms with Crippen LogP contribution in [0.15, 0.2) is 18.5 Å². The average Bonchev–Trinajstić information content (AvgIpc) is 2.20. The monoisotopic (exact) mass is 212 g/mol.